The summed E-state index contributed by atoms with van der Waals surface area (Å²) in [5, 5.41) is 8.12. The summed E-state index contributed by atoms with van der Waals surface area (Å²) in [4.78, 5) is 28.4. The molecule has 11 nitrogen and oxygen atoms in total. The van der Waals surface area contributed by atoms with E-state index in [-0.39, 0.29) is 11.4 Å². The Kier molecular flexibility index (Phi) is 8.47. The summed E-state index contributed by atoms with van der Waals surface area (Å²) in [6.45, 7) is 9.40. The average Bonchev–Trinajstić information content (AvgIpc) is 3.26. The minimum absolute atomic E-state index is 0.277. The molecule has 4 heterocycles. The van der Waals surface area contributed by atoms with Gasteiger partial charge in [-0.05, 0) is 74.2 Å². The maximum atomic E-state index is 12.4. The van der Waals surface area contributed by atoms with Crippen LogP contribution in [-0.4, -0.2) is 62.2 Å². The largest absolute Gasteiger partial charge is 0.497 e. The lowest BCUT2D eigenvalue weighted by atomic mass is 9.90. The highest BCUT2D eigenvalue weighted by Crippen LogP contribution is 2.37. The molecular weight excluding hydrogens is 626 g/mol. The van der Waals surface area contributed by atoms with E-state index in [4.69, 9.17) is 40.9 Å². The van der Waals surface area contributed by atoms with Gasteiger partial charge in [-0.15, -0.1) is 5.10 Å². The van der Waals surface area contributed by atoms with Crippen LogP contribution in [0.5, 0.6) is 17.4 Å². The summed E-state index contributed by atoms with van der Waals surface area (Å²) in [5.41, 5.74) is 1.14. The third kappa shape index (κ3) is 6.87. The molecule has 1 amide bonds. The van der Waals surface area contributed by atoms with Gasteiger partial charge < -0.3 is 24.4 Å². The summed E-state index contributed by atoms with van der Waals surface area (Å²) < 4.78 is 19.3. The second-order valence-corrected chi connectivity index (χ2v) is 12.7. The Morgan fingerprint density at radius 3 is 2.50 bits per heavy atom. The first-order valence-corrected chi connectivity index (χ1v) is 14.7. The number of benzene rings is 1. The van der Waals surface area contributed by atoms with Gasteiger partial charge in [-0.2, -0.15) is 0 Å². The standard InChI is InChI=1S/C29H33BrClN7O4/c1-28(2,3)42-27(39)35-29(4)10-12-37(13-11-29)22-16-33-23-25(34-22)38(17-18-6-8-19(40-5)9-7-18)36-26(23)41-24-20(30)14-32-15-21(24)31/h6-9,14-16H,10-13,17H2,1-5H3,(H,35,39). The van der Waals surface area contributed by atoms with Crippen molar-refractivity contribution < 1.29 is 19.0 Å². The number of anilines is 1. The molecule has 0 bridgehead atoms. The van der Waals surface area contributed by atoms with E-state index in [0.717, 1.165) is 24.2 Å². The number of alkyl carbamates (subject to hydrolysis) is 1. The van der Waals surface area contributed by atoms with E-state index in [0.29, 0.717) is 51.9 Å². The zero-order chi connectivity index (χ0) is 30.1. The van der Waals surface area contributed by atoms with E-state index in [1.165, 1.54) is 6.20 Å². The molecular formula is C29H33BrClN7O4. The van der Waals surface area contributed by atoms with Gasteiger partial charge in [0.2, 0.25) is 0 Å². The predicted octanol–water partition coefficient (Wildman–Crippen LogP) is 6.37. The average molecular weight is 659 g/mol. The molecule has 0 saturated carbocycles. The van der Waals surface area contributed by atoms with Gasteiger partial charge in [0.15, 0.2) is 16.9 Å². The van der Waals surface area contributed by atoms with Crippen molar-refractivity contribution in [3.8, 4) is 17.4 Å². The molecule has 42 heavy (non-hydrogen) atoms. The molecule has 1 aliphatic heterocycles. The smallest absolute Gasteiger partial charge is 0.408 e. The number of methoxy groups -OCH3 is 1. The summed E-state index contributed by atoms with van der Waals surface area (Å²) in [6.07, 6.45) is 5.87. The molecule has 1 saturated heterocycles. The number of halogens is 2. The molecule has 0 radical (unpaired) electrons. The summed E-state index contributed by atoms with van der Waals surface area (Å²) >= 11 is 9.82. The Hall–Kier alpha value is -3.64. The molecule has 3 aromatic heterocycles. The number of hydrogen-bond donors (Lipinski definition) is 1. The van der Waals surface area contributed by atoms with Crippen molar-refractivity contribution in [3.05, 3.63) is 57.9 Å². The molecule has 0 atom stereocenters. The van der Waals surface area contributed by atoms with Crippen LogP contribution in [0.4, 0.5) is 10.6 Å². The fraction of sp³-hybridized carbons (Fsp3) is 0.414. The highest BCUT2D eigenvalue weighted by molar-refractivity contribution is 9.10. The number of rotatable bonds is 7. The maximum absolute atomic E-state index is 12.4. The molecule has 0 unspecified atom stereocenters. The van der Waals surface area contributed by atoms with Crippen molar-refractivity contribution in [2.45, 2.75) is 58.2 Å². The summed E-state index contributed by atoms with van der Waals surface area (Å²) in [5.74, 6) is 2.15. The second kappa shape index (κ2) is 11.9. The van der Waals surface area contributed by atoms with Crippen molar-refractivity contribution in [3.63, 3.8) is 0 Å². The molecule has 222 valence electrons. The molecule has 13 heteroatoms. The van der Waals surface area contributed by atoms with Gasteiger partial charge in [0.25, 0.3) is 5.88 Å². The Bertz CT molecular complexity index is 1560. The maximum Gasteiger partial charge on any atom is 0.408 e. The number of aromatic nitrogens is 5. The van der Waals surface area contributed by atoms with Crippen LogP contribution < -0.4 is 19.7 Å². The number of carbonyl (C=O) groups is 1. The number of carbonyl (C=O) groups excluding carboxylic acids is 1. The van der Waals surface area contributed by atoms with E-state index in [1.54, 1.807) is 24.2 Å². The first-order chi connectivity index (χ1) is 19.9. The summed E-state index contributed by atoms with van der Waals surface area (Å²) in [6, 6.07) is 7.76. The van der Waals surface area contributed by atoms with Gasteiger partial charge in [0, 0.05) is 31.0 Å². The minimum atomic E-state index is -0.553. The number of pyridine rings is 1. The zero-order valence-electron chi connectivity index (χ0n) is 24.1. The van der Waals surface area contributed by atoms with Gasteiger partial charge in [-0.1, -0.05) is 23.7 Å². The fourth-order valence-corrected chi connectivity index (χ4v) is 5.36. The van der Waals surface area contributed by atoms with Crippen LogP contribution >= 0.6 is 27.5 Å². The van der Waals surface area contributed by atoms with Gasteiger partial charge in [-0.3, -0.25) is 4.98 Å². The van der Waals surface area contributed by atoms with Crippen molar-refractivity contribution in [2.75, 3.05) is 25.1 Å². The van der Waals surface area contributed by atoms with Gasteiger partial charge in [0.1, 0.15) is 22.2 Å². The number of fused-ring (bicyclic) bond motifs is 1. The van der Waals surface area contributed by atoms with Crippen LogP contribution in [0.15, 0.2) is 47.3 Å². The van der Waals surface area contributed by atoms with Crippen molar-refractivity contribution >= 4 is 50.6 Å². The molecule has 0 aliphatic carbocycles. The Labute approximate surface area is 257 Å². The highest BCUT2D eigenvalue weighted by atomic mass is 79.9. The highest BCUT2D eigenvalue weighted by Gasteiger charge is 2.34. The number of ether oxygens (including phenoxy) is 3. The van der Waals surface area contributed by atoms with Crippen molar-refractivity contribution in [2.24, 2.45) is 0 Å². The number of nitrogens with one attached hydrogen (secondary N) is 1. The topological polar surface area (TPSA) is 117 Å². The number of hydrogen-bond acceptors (Lipinski definition) is 9. The molecule has 1 N–H and O–H groups in total. The van der Waals surface area contributed by atoms with E-state index in [2.05, 4.69) is 31.1 Å². The van der Waals surface area contributed by atoms with Gasteiger partial charge >= 0.3 is 6.09 Å². The second-order valence-electron chi connectivity index (χ2n) is 11.4. The zero-order valence-corrected chi connectivity index (χ0v) is 26.5. The monoisotopic (exact) mass is 657 g/mol. The SMILES string of the molecule is COc1ccc(Cn2nc(Oc3c(Cl)cncc3Br)c3ncc(N4CCC(C)(NC(=O)OC(C)(C)C)CC4)nc32)cc1. The van der Waals surface area contributed by atoms with Crippen molar-refractivity contribution in [1.29, 1.82) is 0 Å². The third-order valence-corrected chi connectivity index (χ3v) is 7.73. The molecule has 5 rings (SSSR count). The van der Waals surface area contributed by atoms with Crippen LogP contribution in [0.2, 0.25) is 5.02 Å². The fourth-order valence-electron chi connectivity index (χ4n) is 4.64. The lowest BCUT2D eigenvalue weighted by Crippen LogP contribution is -2.54. The van der Waals surface area contributed by atoms with Crippen LogP contribution in [0, 0.1) is 0 Å². The number of amides is 1. The first-order valence-electron chi connectivity index (χ1n) is 13.5. The normalized spacial score (nSPS) is 15.0. The molecule has 0 spiro atoms. The lowest BCUT2D eigenvalue weighted by molar-refractivity contribution is 0.0448. The minimum Gasteiger partial charge on any atom is -0.497 e. The van der Waals surface area contributed by atoms with E-state index in [1.807, 2.05) is 52.0 Å². The Balaban J connectivity index is 1.42. The summed E-state index contributed by atoms with van der Waals surface area (Å²) in [7, 11) is 1.63. The molecule has 1 fully saturated rings. The quantitative estimate of drug-likeness (QED) is 0.242. The Morgan fingerprint density at radius 2 is 1.86 bits per heavy atom. The first kappa shape index (κ1) is 29.8. The lowest BCUT2D eigenvalue weighted by Gasteiger charge is -2.40. The number of nitrogens with zero attached hydrogens (tertiary/aromatic N) is 6. The van der Waals surface area contributed by atoms with Crippen LogP contribution in [-0.2, 0) is 11.3 Å². The van der Waals surface area contributed by atoms with Crippen molar-refractivity contribution in [1.82, 2.24) is 30.0 Å². The van der Waals surface area contributed by atoms with Crippen LogP contribution in [0.1, 0.15) is 46.1 Å². The van der Waals surface area contributed by atoms with E-state index < -0.39 is 11.7 Å². The third-order valence-electron chi connectivity index (χ3n) is 6.89. The molecule has 1 aliphatic rings. The predicted molar refractivity (Wildman–Crippen MR) is 164 cm³/mol. The van der Waals surface area contributed by atoms with Crippen LogP contribution in [0.25, 0.3) is 11.2 Å². The van der Waals surface area contributed by atoms with E-state index in [9.17, 15) is 4.79 Å². The van der Waals surface area contributed by atoms with Gasteiger partial charge in [0.05, 0.1) is 24.3 Å². The van der Waals surface area contributed by atoms with E-state index >= 15 is 0 Å². The van der Waals surface area contributed by atoms with Crippen LogP contribution in [0.3, 0.4) is 0 Å². The number of piperidine rings is 1. The van der Waals surface area contributed by atoms with Gasteiger partial charge in [-0.25, -0.2) is 19.4 Å². The Morgan fingerprint density at radius 1 is 1.14 bits per heavy atom. The molecule has 1 aromatic carbocycles. The molecule has 4 aromatic rings.